The number of piperidine rings is 1. The van der Waals surface area contributed by atoms with Crippen molar-refractivity contribution in [3.63, 3.8) is 0 Å². The molecule has 30 heavy (non-hydrogen) atoms. The molecule has 2 aromatic rings. The molecule has 0 saturated carbocycles. The summed E-state index contributed by atoms with van der Waals surface area (Å²) in [6, 6.07) is 8.68. The third-order valence-corrected chi connectivity index (χ3v) is 8.59. The number of rotatable bonds is 6. The van der Waals surface area contributed by atoms with Crippen LogP contribution in [-0.2, 0) is 21.4 Å². The molecule has 3 rings (SSSR count). The summed E-state index contributed by atoms with van der Waals surface area (Å²) in [6.07, 6.45) is 0.918. The molecule has 1 aliphatic rings. The van der Waals surface area contributed by atoms with Crippen LogP contribution in [0.4, 0.5) is 0 Å². The molecular weight excluding hydrogens is 446 g/mol. The number of nitrogens with zero attached hydrogens (tertiary/aromatic N) is 2. The molecule has 2 amide bonds. The fourth-order valence-electron chi connectivity index (χ4n) is 3.24. The lowest BCUT2D eigenvalue weighted by atomic mass is 9.97. The zero-order valence-electron chi connectivity index (χ0n) is 16.8. The first kappa shape index (κ1) is 22.7. The van der Waals surface area contributed by atoms with E-state index >= 15 is 0 Å². The van der Waals surface area contributed by atoms with Gasteiger partial charge in [0, 0.05) is 50.1 Å². The van der Waals surface area contributed by atoms with Crippen molar-refractivity contribution in [2.24, 2.45) is 5.92 Å². The third-order valence-electron chi connectivity index (χ3n) is 5.03. The maximum absolute atomic E-state index is 12.9. The molecule has 1 saturated heterocycles. The molecule has 1 aromatic carbocycles. The van der Waals surface area contributed by atoms with Crippen molar-refractivity contribution in [3.05, 3.63) is 51.9 Å². The summed E-state index contributed by atoms with van der Waals surface area (Å²) in [4.78, 5) is 25.9. The van der Waals surface area contributed by atoms with Crippen molar-refractivity contribution in [2.75, 3.05) is 27.2 Å². The molecule has 0 spiro atoms. The second kappa shape index (κ2) is 9.47. The van der Waals surface area contributed by atoms with Gasteiger partial charge in [-0.1, -0.05) is 23.7 Å². The molecule has 162 valence electrons. The second-order valence-corrected chi connectivity index (χ2v) is 10.9. The van der Waals surface area contributed by atoms with Gasteiger partial charge < -0.3 is 10.2 Å². The van der Waals surface area contributed by atoms with Crippen LogP contribution < -0.4 is 5.32 Å². The number of hydrogen-bond donors (Lipinski definition) is 1. The van der Waals surface area contributed by atoms with Gasteiger partial charge in [-0.2, -0.15) is 4.31 Å². The molecule has 0 aliphatic carbocycles. The van der Waals surface area contributed by atoms with E-state index in [-0.39, 0.29) is 35.0 Å². The molecule has 0 atom stereocenters. The number of carbonyl (C=O) groups excluding carboxylic acids is 2. The highest BCUT2D eigenvalue weighted by Crippen LogP contribution is 2.28. The summed E-state index contributed by atoms with van der Waals surface area (Å²) in [6.45, 7) is 0.957. The van der Waals surface area contributed by atoms with Crippen LogP contribution in [0.3, 0.4) is 0 Å². The van der Waals surface area contributed by atoms with E-state index in [1.165, 1.54) is 15.3 Å². The quantitative estimate of drug-likeness (QED) is 0.704. The zero-order chi connectivity index (χ0) is 21.9. The van der Waals surface area contributed by atoms with E-state index in [9.17, 15) is 18.0 Å². The van der Waals surface area contributed by atoms with Crippen LogP contribution in [-0.4, -0.2) is 56.6 Å². The van der Waals surface area contributed by atoms with Crippen LogP contribution in [0.15, 0.2) is 39.9 Å². The van der Waals surface area contributed by atoms with Crippen LogP contribution in [0, 0.1) is 5.92 Å². The monoisotopic (exact) mass is 469 g/mol. The number of carbonyl (C=O) groups is 2. The van der Waals surface area contributed by atoms with Gasteiger partial charge in [0.2, 0.25) is 5.91 Å². The molecule has 2 heterocycles. The minimum absolute atomic E-state index is 0.0722. The van der Waals surface area contributed by atoms with Gasteiger partial charge in [-0.3, -0.25) is 9.59 Å². The van der Waals surface area contributed by atoms with Crippen molar-refractivity contribution >= 4 is 44.8 Å². The Morgan fingerprint density at radius 3 is 2.43 bits per heavy atom. The van der Waals surface area contributed by atoms with Gasteiger partial charge in [0.25, 0.3) is 15.9 Å². The van der Waals surface area contributed by atoms with Crippen molar-refractivity contribution in [2.45, 2.75) is 23.6 Å². The zero-order valence-corrected chi connectivity index (χ0v) is 19.2. The molecule has 0 radical (unpaired) electrons. The number of hydrogen-bond acceptors (Lipinski definition) is 5. The van der Waals surface area contributed by atoms with E-state index in [4.69, 9.17) is 11.6 Å². The molecule has 10 heteroatoms. The van der Waals surface area contributed by atoms with Gasteiger partial charge >= 0.3 is 0 Å². The van der Waals surface area contributed by atoms with Crippen LogP contribution >= 0.6 is 22.9 Å². The minimum Gasteiger partial charge on any atom is -0.352 e. The van der Waals surface area contributed by atoms with E-state index in [2.05, 4.69) is 5.32 Å². The molecular formula is C20H24ClN3O4S2. The number of thiophene rings is 1. The normalized spacial score (nSPS) is 15.7. The summed E-state index contributed by atoms with van der Waals surface area (Å²) < 4.78 is 27.4. The first-order chi connectivity index (χ1) is 14.2. The Morgan fingerprint density at radius 1 is 1.20 bits per heavy atom. The van der Waals surface area contributed by atoms with E-state index < -0.39 is 10.0 Å². The van der Waals surface area contributed by atoms with Crippen LogP contribution in [0.5, 0.6) is 0 Å². The average molecular weight is 470 g/mol. The molecule has 1 N–H and O–H groups in total. The Kier molecular flexibility index (Phi) is 7.18. The van der Waals surface area contributed by atoms with E-state index in [1.807, 2.05) is 12.1 Å². The predicted molar refractivity (Wildman–Crippen MR) is 117 cm³/mol. The highest BCUT2D eigenvalue weighted by molar-refractivity contribution is 7.91. The standard InChI is InChI=1S/C20H24ClN3O4S2/c1-23(2)20(26)16-11-18(29-13-16)30(27,28)24-9-7-15(8-10-24)19(25)22-12-14-3-5-17(21)6-4-14/h3-6,11,13,15H,7-10,12H2,1-2H3,(H,22,25). The highest BCUT2D eigenvalue weighted by Gasteiger charge is 2.33. The summed E-state index contributed by atoms with van der Waals surface area (Å²) in [5.74, 6) is -0.529. The van der Waals surface area contributed by atoms with E-state index in [0.29, 0.717) is 30.0 Å². The Hall–Kier alpha value is -1.94. The van der Waals surface area contributed by atoms with Gasteiger partial charge in [0.15, 0.2) is 0 Å². The maximum Gasteiger partial charge on any atom is 0.254 e. The average Bonchev–Trinajstić information content (AvgIpc) is 3.23. The SMILES string of the molecule is CN(C)C(=O)c1csc(S(=O)(=O)N2CCC(C(=O)NCc3ccc(Cl)cc3)CC2)c1. The maximum atomic E-state index is 12.9. The lowest BCUT2D eigenvalue weighted by Crippen LogP contribution is -2.42. The molecule has 1 aromatic heterocycles. The van der Waals surface area contributed by atoms with E-state index in [0.717, 1.165) is 16.9 Å². The lowest BCUT2D eigenvalue weighted by molar-refractivity contribution is -0.126. The number of amides is 2. The van der Waals surface area contributed by atoms with Crippen LogP contribution in [0.2, 0.25) is 5.02 Å². The Balaban J connectivity index is 1.55. The largest absolute Gasteiger partial charge is 0.352 e. The van der Waals surface area contributed by atoms with Gasteiger partial charge in [0.05, 0.1) is 5.56 Å². The smallest absolute Gasteiger partial charge is 0.254 e. The first-order valence-corrected chi connectivity index (χ1v) is 12.2. The molecule has 0 bridgehead atoms. The summed E-state index contributed by atoms with van der Waals surface area (Å²) in [5.41, 5.74) is 1.31. The Labute approximate surface area is 185 Å². The number of halogens is 1. The first-order valence-electron chi connectivity index (χ1n) is 9.51. The van der Waals surface area contributed by atoms with Gasteiger partial charge in [0.1, 0.15) is 4.21 Å². The Morgan fingerprint density at radius 2 is 1.83 bits per heavy atom. The van der Waals surface area contributed by atoms with Crippen molar-refractivity contribution in [1.82, 2.24) is 14.5 Å². The number of nitrogens with one attached hydrogen (secondary N) is 1. The fourth-order valence-corrected chi connectivity index (χ4v) is 6.15. The predicted octanol–water partition coefficient (Wildman–Crippen LogP) is 2.82. The number of sulfonamides is 1. The molecule has 1 fully saturated rings. The second-order valence-electron chi connectivity index (χ2n) is 7.38. The van der Waals surface area contributed by atoms with Gasteiger partial charge in [-0.25, -0.2) is 8.42 Å². The summed E-state index contributed by atoms with van der Waals surface area (Å²) in [5, 5.41) is 5.11. The Bertz CT molecular complexity index is 1010. The van der Waals surface area contributed by atoms with Crippen molar-refractivity contribution < 1.29 is 18.0 Å². The molecule has 7 nitrogen and oxygen atoms in total. The van der Waals surface area contributed by atoms with Crippen molar-refractivity contribution in [1.29, 1.82) is 0 Å². The van der Waals surface area contributed by atoms with Crippen LogP contribution in [0.25, 0.3) is 0 Å². The highest BCUT2D eigenvalue weighted by atomic mass is 35.5. The third kappa shape index (κ3) is 5.21. The van der Waals surface area contributed by atoms with Crippen molar-refractivity contribution in [3.8, 4) is 0 Å². The van der Waals surface area contributed by atoms with E-state index in [1.54, 1.807) is 31.6 Å². The van der Waals surface area contributed by atoms with Gasteiger partial charge in [-0.15, -0.1) is 11.3 Å². The molecule has 0 unspecified atom stereocenters. The van der Waals surface area contributed by atoms with Crippen LogP contribution in [0.1, 0.15) is 28.8 Å². The summed E-state index contributed by atoms with van der Waals surface area (Å²) >= 11 is 6.91. The topological polar surface area (TPSA) is 86.8 Å². The summed E-state index contributed by atoms with van der Waals surface area (Å²) in [7, 11) is -0.428. The van der Waals surface area contributed by atoms with Gasteiger partial charge in [-0.05, 0) is 36.6 Å². The lowest BCUT2D eigenvalue weighted by Gasteiger charge is -2.30. The number of benzene rings is 1. The fraction of sp³-hybridized carbons (Fsp3) is 0.400. The minimum atomic E-state index is -3.67. The molecule has 1 aliphatic heterocycles.